The van der Waals surface area contributed by atoms with E-state index in [0.717, 1.165) is 11.3 Å². The molecule has 0 unspecified atom stereocenters. The van der Waals surface area contributed by atoms with E-state index < -0.39 is 18.0 Å². The molecular formula is C20H21N3O4. The highest BCUT2D eigenvalue weighted by Gasteiger charge is 2.38. The molecule has 1 heterocycles. The topological polar surface area (TPSA) is 87.7 Å². The van der Waals surface area contributed by atoms with E-state index in [4.69, 9.17) is 4.74 Å². The van der Waals surface area contributed by atoms with Crippen LogP contribution >= 0.6 is 0 Å². The summed E-state index contributed by atoms with van der Waals surface area (Å²) in [7, 11) is 0. The number of imide groups is 1. The summed E-state index contributed by atoms with van der Waals surface area (Å²) < 4.78 is 5.80. The molecule has 2 aromatic carbocycles. The zero-order chi connectivity index (χ0) is 19.2. The van der Waals surface area contributed by atoms with Gasteiger partial charge in [-0.25, -0.2) is 4.79 Å². The molecular weight excluding hydrogens is 346 g/mol. The van der Waals surface area contributed by atoms with Crippen LogP contribution in [0.15, 0.2) is 54.6 Å². The summed E-state index contributed by atoms with van der Waals surface area (Å²) in [6, 6.07) is 15.1. The second kappa shape index (κ2) is 8.35. The second-order valence-electron chi connectivity index (χ2n) is 6.17. The molecule has 0 bridgehead atoms. The first-order chi connectivity index (χ1) is 13.1. The van der Waals surface area contributed by atoms with Crippen LogP contribution in [-0.4, -0.2) is 35.3 Å². The van der Waals surface area contributed by atoms with Crippen molar-refractivity contribution in [2.24, 2.45) is 0 Å². The highest BCUT2D eigenvalue weighted by atomic mass is 16.5. The summed E-state index contributed by atoms with van der Waals surface area (Å²) in [6.07, 6.45) is 1.32. The van der Waals surface area contributed by atoms with Gasteiger partial charge in [-0.3, -0.25) is 14.5 Å². The number of nitrogens with zero attached hydrogens (tertiary/aromatic N) is 1. The first-order valence-electron chi connectivity index (χ1n) is 8.82. The molecule has 0 aromatic heterocycles. The maximum atomic E-state index is 12.4. The lowest BCUT2D eigenvalue weighted by molar-refractivity contribution is -0.130. The van der Waals surface area contributed by atoms with Crippen LogP contribution in [-0.2, 0) is 9.59 Å². The molecule has 1 saturated heterocycles. The first kappa shape index (κ1) is 18.4. The molecule has 2 aromatic rings. The van der Waals surface area contributed by atoms with Gasteiger partial charge in [-0.05, 0) is 30.7 Å². The van der Waals surface area contributed by atoms with E-state index in [1.807, 2.05) is 25.1 Å². The largest absolute Gasteiger partial charge is 0.455 e. The lowest BCUT2D eigenvalue weighted by atomic mass is 10.2. The van der Waals surface area contributed by atoms with Crippen molar-refractivity contribution in [1.82, 2.24) is 10.2 Å². The molecule has 2 N–H and O–H groups in total. The average molecular weight is 367 g/mol. The summed E-state index contributed by atoms with van der Waals surface area (Å²) in [6.45, 7) is 1.59. The Hall–Kier alpha value is -3.35. The van der Waals surface area contributed by atoms with E-state index in [1.165, 1.54) is 0 Å². The van der Waals surface area contributed by atoms with Gasteiger partial charge in [0.1, 0.15) is 18.3 Å². The summed E-state index contributed by atoms with van der Waals surface area (Å²) in [5.41, 5.74) is 0.462. The van der Waals surface area contributed by atoms with Crippen LogP contribution in [0.4, 0.5) is 10.5 Å². The maximum Gasteiger partial charge on any atom is 0.325 e. The fourth-order valence-corrected chi connectivity index (χ4v) is 2.82. The van der Waals surface area contributed by atoms with Crippen molar-refractivity contribution in [2.75, 3.05) is 11.9 Å². The Morgan fingerprint density at radius 3 is 2.56 bits per heavy atom. The zero-order valence-corrected chi connectivity index (χ0v) is 15.0. The molecule has 1 aliphatic heterocycles. The van der Waals surface area contributed by atoms with Crippen molar-refractivity contribution in [3.8, 4) is 11.5 Å². The van der Waals surface area contributed by atoms with Gasteiger partial charge < -0.3 is 15.4 Å². The lowest BCUT2D eigenvalue weighted by Crippen LogP contribution is -2.38. The highest BCUT2D eigenvalue weighted by Crippen LogP contribution is 2.29. The zero-order valence-electron chi connectivity index (χ0n) is 15.0. The number of carbonyl (C=O) groups is 3. The van der Waals surface area contributed by atoms with Gasteiger partial charge in [-0.2, -0.15) is 0 Å². The SMILES string of the molecule is CCC[C@H]1NC(=O)N(CC(=O)Nc2ccccc2Oc2ccccc2)C1=O. The summed E-state index contributed by atoms with van der Waals surface area (Å²) in [5, 5.41) is 5.31. The number of benzene rings is 2. The molecule has 27 heavy (non-hydrogen) atoms. The van der Waals surface area contributed by atoms with Gasteiger partial charge in [0, 0.05) is 0 Å². The third-order valence-electron chi connectivity index (χ3n) is 4.12. The van der Waals surface area contributed by atoms with Crippen molar-refractivity contribution in [3.63, 3.8) is 0 Å². The predicted octanol–water partition coefficient (Wildman–Crippen LogP) is 3.14. The van der Waals surface area contributed by atoms with Crippen molar-refractivity contribution < 1.29 is 19.1 Å². The van der Waals surface area contributed by atoms with Crippen LogP contribution in [0.5, 0.6) is 11.5 Å². The number of rotatable bonds is 7. The van der Waals surface area contributed by atoms with E-state index in [0.29, 0.717) is 23.6 Å². The highest BCUT2D eigenvalue weighted by molar-refractivity contribution is 6.08. The van der Waals surface area contributed by atoms with Gasteiger partial charge in [-0.1, -0.05) is 43.7 Å². The standard InChI is InChI=1S/C20H21N3O4/c1-2-8-16-19(25)23(20(26)22-16)13-18(24)21-15-11-6-7-12-17(15)27-14-9-4-3-5-10-14/h3-7,9-12,16H,2,8,13H2,1H3,(H,21,24)(H,22,26)/t16-/m1/s1. The Bertz CT molecular complexity index is 838. The Balaban J connectivity index is 1.66. The minimum Gasteiger partial charge on any atom is -0.455 e. The average Bonchev–Trinajstić information content (AvgIpc) is 2.92. The number of nitrogens with one attached hydrogen (secondary N) is 2. The molecule has 1 atom stereocenters. The van der Waals surface area contributed by atoms with E-state index in [2.05, 4.69) is 10.6 Å². The second-order valence-corrected chi connectivity index (χ2v) is 6.17. The number of amides is 4. The summed E-state index contributed by atoms with van der Waals surface area (Å²) >= 11 is 0. The van der Waals surface area contributed by atoms with Crippen LogP contribution in [0, 0.1) is 0 Å². The number of urea groups is 1. The molecule has 1 fully saturated rings. The third kappa shape index (κ3) is 4.44. The van der Waals surface area contributed by atoms with Gasteiger partial charge in [0.2, 0.25) is 5.91 Å². The molecule has 0 aliphatic carbocycles. The molecule has 1 aliphatic rings. The normalized spacial score (nSPS) is 16.2. The predicted molar refractivity (Wildman–Crippen MR) is 101 cm³/mol. The number of carbonyl (C=O) groups excluding carboxylic acids is 3. The van der Waals surface area contributed by atoms with E-state index in [1.54, 1.807) is 36.4 Å². The fraction of sp³-hybridized carbons (Fsp3) is 0.250. The minimum absolute atomic E-state index is 0.343. The van der Waals surface area contributed by atoms with Gasteiger partial charge in [0.25, 0.3) is 5.91 Å². The van der Waals surface area contributed by atoms with E-state index >= 15 is 0 Å². The molecule has 0 radical (unpaired) electrons. The van der Waals surface area contributed by atoms with Crippen LogP contribution in [0.2, 0.25) is 0 Å². The van der Waals surface area contributed by atoms with Crippen molar-refractivity contribution >= 4 is 23.5 Å². The molecule has 7 heteroatoms. The van der Waals surface area contributed by atoms with Gasteiger partial charge in [-0.15, -0.1) is 0 Å². The molecule has 140 valence electrons. The van der Waals surface area contributed by atoms with Gasteiger partial charge >= 0.3 is 6.03 Å². The van der Waals surface area contributed by atoms with Crippen LogP contribution in [0.25, 0.3) is 0 Å². The summed E-state index contributed by atoms with van der Waals surface area (Å²) in [5.74, 6) is 0.263. The number of ether oxygens (including phenoxy) is 1. The number of hydrogen-bond donors (Lipinski definition) is 2. The molecule has 3 rings (SSSR count). The smallest absolute Gasteiger partial charge is 0.325 e. The molecule has 7 nitrogen and oxygen atoms in total. The van der Waals surface area contributed by atoms with Crippen LogP contribution in [0.3, 0.4) is 0 Å². The number of hydrogen-bond acceptors (Lipinski definition) is 4. The van der Waals surface area contributed by atoms with Crippen molar-refractivity contribution in [2.45, 2.75) is 25.8 Å². The van der Waals surface area contributed by atoms with Crippen molar-refractivity contribution in [1.29, 1.82) is 0 Å². The Labute approximate surface area is 157 Å². The third-order valence-corrected chi connectivity index (χ3v) is 4.12. The Morgan fingerprint density at radius 1 is 1.11 bits per heavy atom. The quantitative estimate of drug-likeness (QED) is 0.736. The fourth-order valence-electron chi connectivity index (χ4n) is 2.82. The van der Waals surface area contributed by atoms with Crippen LogP contribution in [0.1, 0.15) is 19.8 Å². The Morgan fingerprint density at radius 2 is 1.81 bits per heavy atom. The number of para-hydroxylation sites is 3. The van der Waals surface area contributed by atoms with Gasteiger partial charge in [0.05, 0.1) is 5.69 Å². The monoisotopic (exact) mass is 367 g/mol. The first-order valence-corrected chi connectivity index (χ1v) is 8.82. The van der Waals surface area contributed by atoms with Crippen LogP contribution < -0.4 is 15.4 Å². The van der Waals surface area contributed by atoms with E-state index in [9.17, 15) is 14.4 Å². The van der Waals surface area contributed by atoms with Crippen molar-refractivity contribution in [3.05, 3.63) is 54.6 Å². The van der Waals surface area contributed by atoms with Gasteiger partial charge in [0.15, 0.2) is 5.75 Å². The maximum absolute atomic E-state index is 12.4. The lowest BCUT2D eigenvalue weighted by Gasteiger charge is -2.15. The molecule has 0 saturated carbocycles. The number of anilines is 1. The molecule has 0 spiro atoms. The Kier molecular flexibility index (Phi) is 5.71. The summed E-state index contributed by atoms with van der Waals surface area (Å²) in [4.78, 5) is 37.5. The molecule has 4 amide bonds. The minimum atomic E-state index is -0.552. The van der Waals surface area contributed by atoms with E-state index in [-0.39, 0.29) is 12.5 Å².